The lowest BCUT2D eigenvalue weighted by Gasteiger charge is -2.36. The van der Waals surface area contributed by atoms with Crippen LogP contribution in [-0.2, 0) is 13.0 Å². The fourth-order valence-electron chi connectivity index (χ4n) is 4.88. The van der Waals surface area contributed by atoms with E-state index in [9.17, 15) is 0 Å². The number of rotatable bonds is 12. The molecule has 3 aromatic heterocycles. The van der Waals surface area contributed by atoms with E-state index in [2.05, 4.69) is 89.7 Å². The van der Waals surface area contributed by atoms with Crippen molar-refractivity contribution >= 4 is 23.4 Å². The van der Waals surface area contributed by atoms with E-state index in [0.717, 1.165) is 87.2 Å². The Morgan fingerprint density at radius 1 is 0.846 bits per heavy atom. The predicted molar refractivity (Wildman–Crippen MR) is 156 cm³/mol. The normalized spacial score (nSPS) is 13.8. The number of hydrogen-bond donors (Lipinski definition) is 0. The number of anilines is 2. The van der Waals surface area contributed by atoms with Crippen molar-refractivity contribution in [3.05, 3.63) is 78.5 Å². The summed E-state index contributed by atoms with van der Waals surface area (Å²) in [4.78, 5) is 20.8. The molecule has 1 fully saturated rings. The third-order valence-electron chi connectivity index (χ3n) is 7.15. The van der Waals surface area contributed by atoms with E-state index in [4.69, 9.17) is 4.98 Å². The Labute approximate surface area is 235 Å². The Hall–Kier alpha value is -3.50. The highest BCUT2D eigenvalue weighted by molar-refractivity contribution is 7.99. The van der Waals surface area contributed by atoms with Gasteiger partial charge < -0.3 is 19.3 Å². The number of nitrogens with zero attached hydrogens (tertiary/aromatic N) is 9. The fourth-order valence-corrected chi connectivity index (χ4v) is 5.71. The summed E-state index contributed by atoms with van der Waals surface area (Å²) < 4.78 is 2.27. The van der Waals surface area contributed by atoms with Gasteiger partial charge in [-0.2, -0.15) is 0 Å². The van der Waals surface area contributed by atoms with Gasteiger partial charge in [0.05, 0.1) is 0 Å². The molecule has 0 radical (unpaired) electrons. The molecule has 5 rings (SSSR count). The summed E-state index contributed by atoms with van der Waals surface area (Å²) in [7, 11) is 0. The molecule has 0 N–H and O–H groups in total. The molecule has 0 atom stereocenters. The molecule has 0 saturated carbocycles. The van der Waals surface area contributed by atoms with E-state index >= 15 is 0 Å². The van der Waals surface area contributed by atoms with Crippen LogP contribution in [0, 0.1) is 0 Å². The number of benzene rings is 1. The van der Waals surface area contributed by atoms with E-state index in [1.165, 1.54) is 11.3 Å². The molecule has 9 nitrogen and oxygen atoms in total. The highest BCUT2D eigenvalue weighted by atomic mass is 32.2. The zero-order chi connectivity index (χ0) is 26.9. The van der Waals surface area contributed by atoms with Crippen LogP contribution in [0.3, 0.4) is 0 Å². The highest BCUT2D eigenvalue weighted by Crippen LogP contribution is 2.27. The molecule has 4 aromatic rings. The molecule has 10 heteroatoms. The van der Waals surface area contributed by atoms with Crippen LogP contribution in [-0.4, -0.2) is 80.4 Å². The lowest BCUT2D eigenvalue weighted by molar-refractivity contribution is 0.291. The summed E-state index contributed by atoms with van der Waals surface area (Å²) in [5, 5.41) is 11.0. The van der Waals surface area contributed by atoms with Crippen molar-refractivity contribution in [2.45, 2.75) is 43.4 Å². The van der Waals surface area contributed by atoms with E-state index in [1.54, 1.807) is 11.8 Å². The average molecular weight is 544 g/mol. The minimum absolute atomic E-state index is 0.760. The second kappa shape index (κ2) is 13.5. The topological polar surface area (TPSA) is 79.1 Å². The van der Waals surface area contributed by atoms with E-state index in [0.29, 0.717) is 0 Å². The van der Waals surface area contributed by atoms with Crippen LogP contribution in [0.4, 0.5) is 11.6 Å². The Morgan fingerprint density at radius 3 is 2.33 bits per heavy atom. The van der Waals surface area contributed by atoms with Crippen LogP contribution in [0.25, 0.3) is 0 Å². The van der Waals surface area contributed by atoms with Crippen molar-refractivity contribution < 1.29 is 0 Å². The lowest BCUT2D eigenvalue weighted by atomic mass is 10.1. The average Bonchev–Trinajstić information content (AvgIpc) is 3.36. The summed E-state index contributed by atoms with van der Waals surface area (Å²) in [5.41, 5.74) is 2.45. The van der Waals surface area contributed by atoms with Crippen LogP contribution in [0.15, 0.2) is 77.3 Å². The number of piperazine rings is 1. The van der Waals surface area contributed by atoms with Crippen molar-refractivity contribution in [1.82, 2.24) is 34.6 Å². The Bertz CT molecular complexity index is 1290. The predicted octanol–water partition coefficient (Wildman–Crippen LogP) is 4.26. The van der Waals surface area contributed by atoms with Gasteiger partial charge in [0.1, 0.15) is 10.9 Å². The van der Waals surface area contributed by atoms with Gasteiger partial charge in [0.15, 0.2) is 5.16 Å². The molecule has 204 valence electrons. The zero-order valence-electron chi connectivity index (χ0n) is 22.9. The van der Waals surface area contributed by atoms with Crippen molar-refractivity contribution in [1.29, 1.82) is 0 Å². The third kappa shape index (κ3) is 7.13. The summed E-state index contributed by atoms with van der Waals surface area (Å²) in [6.45, 7) is 12.1. The van der Waals surface area contributed by atoms with Gasteiger partial charge in [-0.1, -0.05) is 44.2 Å². The molecule has 39 heavy (non-hydrogen) atoms. The lowest BCUT2D eigenvalue weighted by Crippen LogP contribution is -2.47. The summed E-state index contributed by atoms with van der Waals surface area (Å²) in [6.07, 6.45) is 7.35. The second-order valence-corrected chi connectivity index (χ2v) is 10.6. The molecule has 0 aliphatic carbocycles. The molecule has 0 unspecified atom stereocenters. The van der Waals surface area contributed by atoms with Crippen LogP contribution in [0.2, 0.25) is 0 Å². The van der Waals surface area contributed by atoms with Crippen molar-refractivity contribution in [2.75, 3.05) is 55.6 Å². The molecule has 1 saturated heterocycles. The first-order chi connectivity index (χ1) is 19.2. The van der Waals surface area contributed by atoms with E-state index < -0.39 is 0 Å². The maximum atomic E-state index is 4.92. The molecule has 4 heterocycles. The molecule has 0 bridgehead atoms. The fraction of sp³-hybridized carbons (Fsp3) is 0.414. The van der Waals surface area contributed by atoms with Crippen molar-refractivity contribution in [3.63, 3.8) is 0 Å². The van der Waals surface area contributed by atoms with Gasteiger partial charge in [0.25, 0.3) is 0 Å². The molecule has 1 aliphatic heterocycles. The van der Waals surface area contributed by atoms with Gasteiger partial charge in [0.2, 0.25) is 5.95 Å². The van der Waals surface area contributed by atoms with Gasteiger partial charge in [0, 0.05) is 63.4 Å². The molecule has 0 amide bonds. The van der Waals surface area contributed by atoms with E-state index in [-0.39, 0.29) is 0 Å². The number of hydrogen-bond acceptors (Lipinski definition) is 9. The molecule has 1 aromatic carbocycles. The minimum Gasteiger partial charge on any atom is -0.368 e. The molecular weight excluding hydrogens is 506 g/mol. The van der Waals surface area contributed by atoms with Crippen LogP contribution in [0.1, 0.15) is 31.7 Å². The number of pyridine rings is 1. The summed E-state index contributed by atoms with van der Waals surface area (Å²) in [6, 6.07) is 16.6. The number of aromatic nitrogens is 6. The quantitative estimate of drug-likeness (QED) is 0.244. The first-order valence-corrected chi connectivity index (χ1v) is 14.6. The van der Waals surface area contributed by atoms with Crippen LogP contribution in [0.5, 0.6) is 0 Å². The van der Waals surface area contributed by atoms with Gasteiger partial charge in [-0.15, -0.1) is 10.2 Å². The maximum absolute atomic E-state index is 4.92. The van der Waals surface area contributed by atoms with Gasteiger partial charge in [-0.25, -0.2) is 9.97 Å². The Balaban J connectivity index is 1.28. The monoisotopic (exact) mass is 543 g/mol. The smallest absolute Gasteiger partial charge is 0.226 e. The van der Waals surface area contributed by atoms with Crippen LogP contribution < -0.4 is 9.80 Å². The summed E-state index contributed by atoms with van der Waals surface area (Å²) in [5.74, 6) is 1.76. The van der Waals surface area contributed by atoms with Gasteiger partial charge in [-0.05, 0) is 61.6 Å². The van der Waals surface area contributed by atoms with Crippen molar-refractivity contribution in [2.24, 2.45) is 0 Å². The minimum atomic E-state index is 0.760. The highest BCUT2D eigenvalue weighted by Gasteiger charge is 2.21. The third-order valence-corrected chi connectivity index (χ3v) is 8.07. The Morgan fingerprint density at radius 2 is 1.59 bits per heavy atom. The molecular formula is C29H37N9S. The van der Waals surface area contributed by atoms with Crippen LogP contribution >= 0.6 is 11.8 Å². The maximum Gasteiger partial charge on any atom is 0.226 e. The van der Waals surface area contributed by atoms with Gasteiger partial charge in [-0.3, -0.25) is 4.98 Å². The second-order valence-electron chi connectivity index (χ2n) is 9.57. The van der Waals surface area contributed by atoms with E-state index in [1.807, 2.05) is 30.7 Å². The molecule has 0 spiro atoms. The molecule has 1 aliphatic rings. The standard InChI is InChI=1S/C29H37N9S/c1-3-35(4-2)17-8-18-38-26(23-24-9-6-5-7-10-24)33-34-29(38)39-27-13-16-31-28(32-27)37-21-19-36(20-22-37)25-11-14-30-15-12-25/h5-7,9-16H,3-4,8,17-23H2,1-2H3. The van der Waals surface area contributed by atoms with Gasteiger partial charge >= 0.3 is 0 Å². The SMILES string of the molecule is CCN(CC)CCCn1c(Cc2ccccc2)nnc1Sc1ccnc(N2CCN(c3ccncc3)CC2)n1. The first kappa shape index (κ1) is 27.1. The van der Waals surface area contributed by atoms with Crippen molar-refractivity contribution in [3.8, 4) is 0 Å². The Kier molecular flexibility index (Phi) is 9.39. The largest absolute Gasteiger partial charge is 0.368 e. The summed E-state index contributed by atoms with van der Waals surface area (Å²) >= 11 is 1.57. The zero-order valence-corrected chi connectivity index (χ0v) is 23.7. The first-order valence-electron chi connectivity index (χ1n) is 13.8.